The predicted molar refractivity (Wildman–Crippen MR) is 109 cm³/mol. The van der Waals surface area contributed by atoms with Crippen molar-refractivity contribution in [2.75, 3.05) is 31.6 Å². The maximum absolute atomic E-state index is 13.6. The summed E-state index contributed by atoms with van der Waals surface area (Å²) >= 11 is 1.94. The summed E-state index contributed by atoms with van der Waals surface area (Å²) in [6.07, 6.45) is 2.43. The molecule has 0 spiro atoms. The molecule has 1 fully saturated rings. The highest BCUT2D eigenvalue weighted by Crippen LogP contribution is 2.25. The third kappa shape index (κ3) is 6.40. The van der Waals surface area contributed by atoms with E-state index in [1.165, 1.54) is 36.8 Å². The smallest absolute Gasteiger partial charge is 0.191 e. The van der Waals surface area contributed by atoms with Gasteiger partial charge in [-0.3, -0.25) is 4.99 Å². The van der Waals surface area contributed by atoms with Gasteiger partial charge < -0.3 is 10.6 Å². The summed E-state index contributed by atoms with van der Waals surface area (Å²) in [7, 11) is -2.01. The molecule has 1 aliphatic heterocycles. The number of aliphatic imine (C=N–C) groups is 1. The maximum atomic E-state index is 13.6. The number of thioether (sulfide) groups is 1. The van der Waals surface area contributed by atoms with Crippen LogP contribution in [0.25, 0.3) is 0 Å². The standard InChI is InChI=1S/C15H22FN3O2S2.HI/c1-17-15(19-11-12-5-4-9-22-12)18-8-10-23(20,21)14-7-3-2-6-13(14)16;/h2-3,6-7,12H,4-5,8-11H2,1H3,(H2,17,18,19);1H. The van der Waals surface area contributed by atoms with Crippen molar-refractivity contribution in [2.45, 2.75) is 23.0 Å². The molecule has 24 heavy (non-hydrogen) atoms. The van der Waals surface area contributed by atoms with Gasteiger partial charge in [0.25, 0.3) is 0 Å². The van der Waals surface area contributed by atoms with Gasteiger partial charge >= 0.3 is 0 Å². The topological polar surface area (TPSA) is 70.6 Å². The van der Waals surface area contributed by atoms with E-state index in [9.17, 15) is 12.8 Å². The van der Waals surface area contributed by atoms with Crippen LogP contribution in [0.1, 0.15) is 12.8 Å². The number of benzene rings is 1. The molecule has 2 rings (SSSR count). The van der Waals surface area contributed by atoms with Crippen LogP contribution in [-0.2, 0) is 9.84 Å². The van der Waals surface area contributed by atoms with Crippen molar-refractivity contribution in [3.8, 4) is 0 Å². The molecule has 136 valence electrons. The summed E-state index contributed by atoms with van der Waals surface area (Å²) in [5.41, 5.74) is 0. The largest absolute Gasteiger partial charge is 0.355 e. The van der Waals surface area contributed by atoms with Crippen molar-refractivity contribution >= 4 is 51.5 Å². The SMILES string of the molecule is CN=C(NCCS(=O)(=O)c1ccccc1F)NCC1CCCS1.I. The van der Waals surface area contributed by atoms with Crippen LogP contribution in [0.5, 0.6) is 0 Å². The number of guanidine groups is 1. The average Bonchev–Trinajstić information content (AvgIpc) is 3.04. The molecule has 1 aromatic carbocycles. The molecular formula is C15H23FIN3O2S2. The molecule has 5 nitrogen and oxygen atoms in total. The zero-order valence-corrected chi connectivity index (χ0v) is 17.5. The second kappa shape index (κ2) is 10.4. The summed E-state index contributed by atoms with van der Waals surface area (Å²) in [6, 6.07) is 5.43. The fourth-order valence-corrected chi connectivity index (χ4v) is 4.79. The Labute approximate surface area is 164 Å². The van der Waals surface area contributed by atoms with Gasteiger partial charge in [-0.05, 0) is 30.7 Å². The summed E-state index contributed by atoms with van der Waals surface area (Å²) in [6.45, 7) is 0.985. The third-order valence-electron chi connectivity index (χ3n) is 3.58. The molecule has 1 aromatic rings. The van der Waals surface area contributed by atoms with Crippen LogP contribution in [0.4, 0.5) is 4.39 Å². The van der Waals surface area contributed by atoms with Gasteiger partial charge in [0.05, 0.1) is 5.75 Å². The van der Waals surface area contributed by atoms with Crippen LogP contribution in [0, 0.1) is 5.82 Å². The molecule has 0 aliphatic carbocycles. The lowest BCUT2D eigenvalue weighted by Gasteiger charge is -2.15. The first kappa shape index (κ1) is 21.5. The van der Waals surface area contributed by atoms with E-state index in [1.54, 1.807) is 7.05 Å². The average molecular weight is 487 g/mol. The minimum atomic E-state index is -3.65. The van der Waals surface area contributed by atoms with Crippen molar-refractivity contribution < 1.29 is 12.8 Å². The van der Waals surface area contributed by atoms with Crippen molar-refractivity contribution in [1.82, 2.24) is 10.6 Å². The molecule has 0 saturated carbocycles. The summed E-state index contributed by atoms with van der Waals surface area (Å²) in [4.78, 5) is 3.82. The van der Waals surface area contributed by atoms with Crippen LogP contribution in [0.15, 0.2) is 34.2 Å². The van der Waals surface area contributed by atoms with E-state index in [2.05, 4.69) is 15.6 Å². The highest BCUT2D eigenvalue weighted by Gasteiger charge is 2.19. The maximum Gasteiger partial charge on any atom is 0.191 e. The number of halogens is 2. The molecular weight excluding hydrogens is 464 g/mol. The fraction of sp³-hybridized carbons (Fsp3) is 0.533. The van der Waals surface area contributed by atoms with E-state index in [4.69, 9.17) is 0 Å². The Balaban J connectivity index is 0.00000288. The lowest BCUT2D eigenvalue weighted by atomic mass is 10.2. The zero-order chi connectivity index (χ0) is 16.7. The molecule has 2 N–H and O–H groups in total. The number of hydrogen-bond donors (Lipinski definition) is 2. The molecule has 0 bridgehead atoms. The molecule has 1 aliphatic rings. The first-order valence-electron chi connectivity index (χ1n) is 7.56. The van der Waals surface area contributed by atoms with Crippen LogP contribution in [0.2, 0.25) is 0 Å². The number of nitrogens with one attached hydrogen (secondary N) is 2. The zero-order valence-electron chi connectivity index (χ0n) is 13.5. The van der Waals surface area contributed by atoms with Crippen molar-refractivity contribution in [3.63, 3.8) is 0 Å². The van der Waals surface area contributed by atoms with E-state index in [1.807, 2.05) is 11.8 Å². The number of rotatable bonds is 6. The van der Waals surface area contributed by atoms with Gasteiger partial charge in [0.2, 0.25) is 0 Å². The van der Waals surface area contributed by atoms with Crippen molar-refractivity contribution in [3.05, 3.63) is 30.1 Å². The van der Waals surface area contributed by atoms with Gasteiger partial charge in [0.1, 0.15) is 10.7 Å². The Kier molecular flexibility index (Phi) is 9.35. The Morgan fingerprint density at radius 1 is 1.38 bits per heavy atom. The van der Waals surface area contributed by atoms with Gasteiger partial charge in [-0.25, -0.2) is 12.8 Å². The van der Waals surface area contributed by atoms with Crippen molar-refractivity contribution in [1.29, 1.82) is 0 Å². The van der Waals surface area contributed by atoms with Crippen LogP contribution >= 0.6 is 35.7 Å². The van der Waals surface area contributed by atoms with Gasteiger partial charge in [0, 0.05) is 25.4 Å². The van der Waals surface area contributed by atoms with E-state index in [0.717, 1.165) is 12.6 Å². The molecule has 1 unspecified atom stereocenters. The van der Waals surface area contributed by atoms with E-state index in [0.29, 0.717) is 11.2 Å². The summed E-state index contributed by atoms with van der Waals surface area (Å²) < 4.78 is 37.9. The highest BCUT2D eigenvalue weighted by atomic mass is 127. The quantitative estimate of drug-likeness (QED) is 0.366. The Bertz CT molecular complexity index is 650. The molecule has 0 amide bonds. The van der Waals surface area contributed by atoms with Gasteiger partial charge in [-0.15, -0.1) is 24.0 Å². The van der Waals surface area contributed by atoms with E-state index >= 15 is 0 Å². The van der Waals surface area contributed by atoms with Gasteiger partial charge in [-0.1, -0.05) is 12.1 Å². The van der Waals surface area contributed by atoms with Gasteiger partial charge in [-0.2, -0.15) is 11.8 Å². The lowest BCUT2D eigenvalue weighted by molar-refractivity contribution is 0.566. The second-order valence-electron chi connectivity index (χ2n) is 5.26. The summed E-state index contributed by atoms with van der Waals surface area (Å²) in [5.74, 6) is 0.862. The van der Waals surface area contributed by atoms with E-state index < -0.39 is 15.7 Å². The molecule has 1 heterocycles. The molecule has 1 saturated heterocycles. The predicted octanol–water partition coefficient (Wildman–Crippen LogP) is 2.28. The number of nitrogens with zero attached hydrogens (tertiary/aromatic N) is 1. The number of sulfone groups is 1. The van der Waals surface area contributed by atoms with Crippen LogP contribution < -0.4 is 10.6 Å². The lowest BCUT2D eigenvalue weighted by Crippen LogP contribution is -2.41. The van der Waals surface area contributed by atoms with E-state index in [-0.39, 0.29) is 41.2 Å². The number of hydrogen-bond acceptors (Lipinski definition) is 4. The third-order valence-corrected chi connectivity index (χ3v) is 6.72. The molecule has 0 radical (unpaired) electrons. The normalized spacial score (nSPS) is 18.1. The minimum Gasteiger partial charge on any atom is -0.355 e. The summed E-state index contributed by atoms with van der Waals surface area (Å²) in [5, 5.41) is 6.74. The molecule has 0 aromatic heterocycles. The highest BCUT2D eigenvalue weighted by molar-refractivity contribution is 14.0. The van der Waals surface area contributed by atoms with Gasteiger partial charge in [0.15, 0.2) is 15.8 Å². The molecule has 1 atom stereocenters. The van der Waals surface area contributed by atoms with Crippen LogP contribution in [0.3, 0.4) is 0 Å². The Hall–Kier alpha value is -0.550. The Morgan fingerprint density at radius 2 is 2.12 bits per heavy atom. The second-order valence-corrected chi connectivity index (χ2v) is 8.75. The first-order chi connectivity index (χ1) is 11.0. The minimum absolute atomic E-state index is 0. The molecule has 9 heteroatoms. The first-order valence-corrected chi connectivity index (χ1v) is 10.3. The Morgan fingerprint density at radius 3 is 2.75 bits per heavy atom. The fourth-order valence-electron chi connectivity index (χ4n) is 2.35. The van der Waals surface area contributed by atoms with Crippen molar-refractivity contribution in [2.24, 2.45) is 4.99 Å². The monoisotopic (exact) mass is 487 g/mol. The van der Waals surface area contributed by atoms with Crippen LogP contribution in [-0.4, -0.2) is 51.3 Å².